The number of carbonyl (C=O) groups excluding carboxylic acids is 1. The molecule has 0 aliphatic carbocycles. The van der Waals surface area contributed by atoms with Crippen LogP contribution in [0, 0.1) is 0 Å². The lowest BCUT2D eigenvalue weighted by Gasteiger charge is -2.30. The Bertz CT molecular complexity index is 592. The van der Waals surface area contributed by atoms with Crippen LogP contribution in [0.2, 0.25) is 0 Å². The van der Waals surface area contributed by atoms with E-state index in [1.54, 1.807) is 12.5 Å². The average Bonchev–Trinajstić information content (AvgIpc) is 3.01. The molecule has 4 heteroatoms. The van der Waals surface area contributed by atoms with Gasteiger partial charge in [0, 0.05) is 37.9 Å². The van der Waals surface area contributed by atoms with Gasteiger partial charge in [0.2, 0.25) is 5.91 Å². The molecule has 4 nitrogen and oxygen atoms in total. The molecule has 104 valence electrons. The SMILES string of the molecule is CC(CC(=O)N1CCc2ccccc2C1)n1ccnc1. The maximum absolute atomic E-state index is 12.4. The van der Waals surface area contributed by atoms with Crippen LogP contribution < -0.4 is 0 Å². The van der Waals surface area contributed by atoms with Gasteiger partial charge >= 0.3 is 0 Å². The van der Waals surface area contributed by atoms with Gasteiger partial charge in [0.15, 0.2) is 0 Å². The smallest absolute Gasteiger partial charge is 0.224 e. The van der Waals surface area contributed by atoms with Crippen LogP contribution >= 0.6 is 0 Å². The van der Waals surface area contributed by atoms with Crippen molar-refractivity contribution in [1.82, 2.24) is 14.5 Å². The van der Waals surface area contributed by atoms with Gasteiger partial charge < -0.3 is 9.47 Å². The molecular weight excluding hydrogens is 250 g/mol. The summed E-state index contributed by atoms with van der Waals surface area (Å²) in [4.78, 5) is 18.4. The number of nitrogens with zero attached hydrogens (tertiary/aromatic N) is 3. The summed E-state index contributed by atoms with van der Waals surface area (Å²) in [6.45, 7) is 3.62. The molecule has 1 aromatic heterocycles. The number of carbonyl (C=O) groups is 1. The van der Waals surface area contributed by atoms with Gasteiger partial charge in [-0.3, -0.25) is 4.79 Å². The molecule has 1 aromatic carbocycles. The van der Waals surface area contributed by atoms with Gasteiger partial charge in [-0.05, 0) is 24.5 Å². The molecule has 1 atom stereocenters. The van der Waals surface area contributed by atoms with E-state index in [9.17, 15) is 4.79 Å². The number of hydrogen-bond acceptors (Lipinski definition) is 2. The first-order valence-corrected chi connectivity index (χ1v) is 7.06. The molecule has 0 N–H and O–H groups in total. The minimum Gasteiger partial charge on any atom is -0.338 e. The Labute approximate surface area is 119 Å². The summed E-state index contributed by atoms with van der Waals surface area (Å²) >= 11 is 0. The van der Waals surface area contributed by atoms with Crippen molar-refractivity contribution in [3.05, 3.63) is 54.1 Å². The van der Waals surface area contributed by atoms with Gasteiger partial charge in [0.05, 0.1) is 6.33 Å². The first-order valence-electron chi connectivity index (χ1n) is 7.06. The fourth-order valence-electron chi connectivity index (χ4n) is 2.73. The molecule has 0 saturated heterocycles. The number of amides is 1. The Morgan fingerprint density at radius 3 is 2.90 bits per heavy atom. The second kappa shape index (κ2) is 5.49. The van der Waals surface area contributed by atoms with E-state index < -0.39 is 0 Å². The zero-order chi connectivity index (χ0) is 13.9. The van der Waals surface area contributed by atoms with Crippen molar-refractivity contribution in [2.45, 2.75) is 32.4 Å². The lowest BCUT2D eigenvalue weighted by molar-refractivity contribution is -0.132. The second-order valence-electron chi connectivity index (χ2n) is 5.40. The van der Waals surface area contributed by atoms with Gasteiger partial charge in [-0.15, -0.1) is 0 Å². The quantitative estimate of drug-likeness (QED) is 0.858. The topological polar surface area (TPSA) is 38.1 Å². The van der Waals surface area contributed by atoms with Crippen molar-refractivity contribution in [2.24, 2.45) is 0 Å². The van der Waals surface area contributed by atoms with Crippen molar-refractivity contribution in [3.8, 4) is 0 Å². The summed E-state index contributed by atoms with van der Waals surface area (Å²) < 4.78 is 1.98. The molecular formula is C16H19N3O. The van der Waals surface area contributed by atoms with Crippen molar-refractivity contribution in [3.63, 3.8) is 0 Å². The van der Waals surface area contributed by atoms with E-state index in [4.69, 9.17) is 0 Å². The standard InChI is InChI=1S/C16H19N3O/c1-13(19-9-7-17-12-19)10-16(20)18-8-6-14-4-2-3-5-15(14)11-18/h2-5,7,9,12-13H,6,8,10-11H2,1H3. The molecule has 20 heavy (non-hydrogen) atoms. The summed E-state index contributed by atoms with van der Waals surface area (Å²) in [5.74, 6) is 0.223. The summed E-state index contributed by atoms with van der Waals surface area (Å²) in [5, 5.41) is 0. The third-order valence-corrected chi connectivity index (χ3v) is 3.99. The van der Waals surface area contributed by atoms with Crippen molar-refractivity contribution in [2.75, 3.05) is 6.54 Å². The minimum atomic E-state index is 0.155. The van der Waals surface area contributed by atoms with Gasteiger partial charge in [0.25, 0.3) is 0 Å². The maximum Gasteiger partial charge on any atom is 0.224 e. The van der Waals surface area contributed by atoms with Gasteiger partial charge in [-0.1, -0.05) is 24.3 Å². The van der Waals surface area contributed by atoms with Gasteiger partial charge in [-0.2, -0.15) is 0 Å². The molecule has 1 aliphatic rings. The van der Waals surface area contributed by atoms with Crippen LogP contribution in [0.1, 0.15) is 30.5 Å². The monoisotopic (exact) mass is 269 g/mol. The Hall–Kier alpha value is -2.10. The number of imidazole rings is 1. The molecule has 3 rings (SSSR count). The molecule has 0 spiro atoms. The van der Waals surface area contributed by atoms with E-state index in [2.05, 4.69) is 30.1 Å². The molecule has 1 unspecified atom stereocenters. The van der Waals surface area contributed by atoms with E-state index in [1.807, 2.05) is 21.7 Å². The summed E-state index contributed by atoms with van der Waals surface area (Å²) in [7, 11) is 0. The predicted octanol–water partition coefficient (Wildman–Crippen LogP) is 2.42. The molecule has 2 heterocycles. The minimum absolute atomic E-state index is 0.155. The number of fused-ring (bicyclic) bond motifs is 1. The van der Waals surface area contributed by atoms with Gasteiger partial charge in [-0.25, -0.2) is 4.98 Å². The van der Waals surface area contributed by atoms with E-state index in [-0.39, 0.29) is 11.9 Å². The second-order valence-corrected chi connectivity index (χ2v) is 5.40. The molecule has 1 aliphatic heterocycles. The first kappa shape index (κ1) is 12.9. The van der Waals surface area contributed by atoms with E-state index in [0.29, 0.717) is 6.42 Å². The zero-order valence-electron chi connectivity index (χ0n) is 11.7. The van der Waals surface area contributed by atoms with Gasteiger partial charge in [0.1, 0.15) is 0 Å². The Balaban J connectivity index is 1.64. The average molecular weight is 269 g/mol. The molecule has 0 bridgehead atoms. The van der Waals surface area contributed by atoms with Crippen LogP contribution in [0.4, 0.5) is 0 Å². The maximum atomic E-state index is 12.4. The van der Waals surface area contributed by atoms with Crippen LogP contribution in [0.3, 0.4) is 0 Å². The lowest BCUT2D eigenvalue weighted by atomic mass is 9.99. The Morgan fingerprint density at radius 2 is 2.15 bits per heavy atom. The van der Waals surface area contributed by atoms with E-state index >= 15 is 0 Å². The third-order valence-electron chi connectivity index (χ3n) is 3.99. The van der Waals surface area contributed by atoms with Crippen molar-refractivity contribution >= 4 is 5.91 Å². The fraction of sp³-hybridized carbons (Fsp3) is 0.375. The van der Waals surface area contributed by atoms with Crippen LogP contribution in [-0.2, 0) is 17.8 Å². The summed E-state index contributed by atoms with van der Waals surface area (Å²) in [5.41, 5.74) is 2.65. The highest BCUT2D eigenvalue weighted by Crippen LogP contribution is 2.20. The van der Waals surface area contributed by atoms with E-state index in [0.717, 1.165) is 19.5 Å². The van der Waals surface area contributed by atoms with Crippen molar-refractivity contribution in [1.29, 1.82) is 0 Å². The molecule has 0 saturated carbocycles. The zero-order valence-corrected chi connectivity index (χ0v) is 11.7. The number of aromatic nitrogens is 2. The highest BCUT2D eigenvalue weighted by molar-refractivity contribution is 5.77. The molecule has 0 radical (unpaired) electrons. The number of rotatable bonds is 3. The highest BCUT2D eigenvalue weighted by Gasteiger charge is 2.21. The molecule has 1 amide bonds. The number of benzene rings is 1. The highest BCUT2D eigenvalue weighted by atomic mass is 16.2. The Kier molecular flexibility index (Phi) is 3.54. The van der Waals surface area contributed by atoms with Crippen molar-refractivity contribution < 1.29 is 4.79 Å². The first-order chi connectivity index (χ1) is 9.74. The lowest BCUT2D eigenvalue weighted by Crippen LogP contribution is -2.36. The largest absolute Gasteiger partial charge is 0.338 e. The molecule has 2 aromatic rings. The fourth-order valence-corrected chi connectivity index (χ4v) is 2.73. The summed E-state index contributed by atoms with van der Waals surface area (Å²) in [6, 6.07) is 8.54. The summed E-state index contributed by atoms with van der Waals surface area (Å²) in [6.07, 6.45) is 6.91. The Morgan fingerprint density at radius 1 is 1.35 bits per heavy atom. The van der Waals surface area contributed by atoms with Crippen LogP contribution in [0.15, 0.2) is 43.0 Å². The molecule has 0 fully saturated rings. The normalized spacial score (nSPS) is 15.8. The van der Waals surface area contributed by atoms with Crippen LogP contribution in [-0.4, -0.2) is 26.9 Å². The van der Waals surface area contributed by atoms with Crippen LogP contribution in [0.25, 0.3) is 0 Å². The third kappa shape index (κ3) is 2.59. The predicted molar refractivity (Wildman–Crippen MR) is 77.1 cm³/mol. The number of hydrogen-bond donors (Lipinski definition) is 0. The van der Waals surface area contributed by atoms with Crippen LogP contribution in [0.5, 0.6) is 0 Å². The van der Waals surface area contributed by atoms with E-state index in [1.165, 1.54) is 11.1 Å².